The number of halogens is 1. The third-order valence-corrected chi connectivity index (χ3v) is 3.07. The van der Waals surface area contributed by atoms with Gasteiger partial charge in [-0.2, -0.15) is 0 Å². The average Bonchev–Trinajstić information content (AvgIpc) is 2.67. The second-order valence-corrected chi connectivity index (χ2v) is 3.90. The molecular formula is C11H11BrO3. The number of hydrogen-bond acceptors (Lipinski definition) is 3. The molecule has 0 atom stereocenters. The third kappa shape index (κ3) is 1.69. The zero-order chi connectivity index (χ0) is 10.8. The highest BCUT2D eigenvalue weighted by Gasteiger charge is 2.23. The van der Waals surface area contributed by atoms with E-state index in [1.807, 2.05) is 12.1 Å². The summed E-state index contributed by atoms with van der Waals surface area (Å²) in [5, 5.41) is 0. The Morgan fingerprint density at radius 2 is 2.40 bits per heavy atom. The Labute approximate surface area is 96.8 Å². The lowest BCUT2D eigenvalue weighted by Crippen LogP contribution is -1.94. The van der Waals surface area contributed by atoms with E-state index in [1.54, 1.807) is 7.11 Å². The van der Waals surface area contributed by atoms with Gasteiger partial charge in [0.1, 0.15) is 0 Å². The second kappa shape index (κ2) is 4.14. The fraction of sp³-hybridized carbons (Fsp3) is 0.273. The molecule has 0 radical (unpaired) electrons. The molecule has 0 amide bonds. The average molecular weight is 271 g/mol. The lowest BCUT2D eigenvalue weighted by atomic mass is 10.1. The minimum atomic E-state index is 0.246. The molecule has 1 aromatic rings. The van der Waals surface area contributed by atoms with Crippen molar-refractivity contribution in [3.05, 3.63) is 28.8 Å². The summed E-state index contributed by atoms with van der Waals surface area (Å²) in [6, 6.07) is 1.94. The van der Waals surface area contributed by atoms with Gasteiger partial charge in [-0.3, -0.25) is 0 Å². The fourth-order valence-electron chi connectivity index (χ4n) is 1.53. The summed E-state index contributed by atoms with van der Waals surface area (Å²) in [5.41, 5.74) is 1.08. The number of fused-ring (bicyclic) bond motifs is 1. The van der Waals surface area contributed by atoms with Crippen LogP contribution in [0.5, 0.6) is 17.2 Å². The molecule has 2 rings (SSSR count). The lowest BCUT2D eigenvalue weighted by Gasteiger charge is -2.10. The molecular weight excluding hydrogens is 260 g/mol. The van der Waals surface area contributed by atoms with Gasteiger partial charge >= 0.3 is 0 Å². The quantitative estimate of drug-likeness (QED) is 0.791. The van der Waals surface area contributed by atoms with Crippen LogP contribution in [0.3, 0.4) is 0 Å². The van der Waals surface area contributed by atoms with Crippen LogP contribution in [0.2, 0.25) is 0 Å². The predicted molar refractivity (Wildman–Crippen MR) is 60.7 cm³/mol. The van der Waals surface area contributed by atoms with E-state index in [0.717, 1.165) is 22.2 Å². The van der Waals surface area contributed by atoms with E-state index in [4.69, 9.17) is 14.2 Å². The zero-order valence-corrected chi connectivity index (χ0v) is 9.96. The van der Waals surface area contributed by atoms with E-state index >= 15 is 0 Å². The first kappa shape index (κ1) is 10.4. The molecule has 0 N–H and O–H groups in total. The Morgan fingerprint density at radius 1 is 1.60 bits per heavy atom. The molecule has 4 heteroatoms. The first-order valence-electron chi connectivity index (χ1n) is 4.53. The molecule has 1 aliphatic heterocycles. The van der Waals surface area contributed by atoms with Gasteiger partial charge in [-0.15, -0.1) is 6.58 Å². The van der Waals surface area contributed by atoms with Crippen LogP contribution >= 0.6 is 15.9 Å². The molecule has 1 aliphatic rings. The van der Waals surface area contributed by atoms with Crippen LogP contribution in [0, 0.1) is 0 Å². The molecule has 1 heterocycles. The van der Waals surface area contributed by atoms with E-state index < -0.39 is 0 Å². The minimum Gasteiger partial charge on any atom is -0.492 e. The van der Waals surface area contributed by atoms with E-state index in [9.17, 15) is 0 Å². The fourth-order valence-corrected chi connectivity index (χ4v) is 2.14. The monoisotopic (exact) mass is 270 g/mol. The Hall–Kier alpha value is -1.16. The highest BCUT2D eigenvalue weighted by molar-refractivity contribution is 9.10. The molecule has 80 valence electrons. The lowest BCUT2D eigenvalue weighted by molar-refractivity contribution is 0.171. The van der Waals surface area contributed by atoms with Gasteiger partial charge in [-0.1, -0.05) is 6.08 Å². The summed E-state index contributed by atoms with van der Waals surface area (Å²) < 4.78 is 16.8. The third-order valence-electron chi connectivity index (χ3n) is 2.20. The number of methoxy groups -OCH3 is 1. The van der Waals surface area contributed by atoms with Crippen molar-refractivity contribution in [1.82, 2.24) is 0 Å². The van der Waals surface area contributed by atoms with Crippen LogP contribution in [0.25, 0.3) is 0 Å². The van der Waals surface area contributed by atoms with E-state index in [0.29, 0.717) is 11.5 Å². The van der Waals surface area contributed by atoms with Crippen molar-refractivity contribution in [2.75, 3.05) is 13.9 Å². The van der Waals surface area contributed by atoms with Gasteiger partial charge < -0.3 is 14.2 Å². The van der Waals surface area contributed by atoms with Gasteiger partial charge in [0.25, 0.3) is 0 Å². The first-order chi connectivity index (χ1) is 7.27. The highest BCUT2D eigenvalue weighted by Crippen LogP contribution is 2.47. The van der Waals surface area contributed by atoms with Gasteiger partial charge in [0.05, 0.1) is 11.6 Å². The largest absolute Gasteiger partial charge is 0.492 e. The number of benzene rings is 1. The smallest absolute Gasteiger partial charge is 0.231 e. The number of allylic oxidation sites excluding steroid dienone is 1. The standard InChI is InChI=1S/C11H11BrO3/c1-3-4-7-5-8-10(15-6-14-8)11(13-2)9(7)12/h3,5H,1,4,6H2,2H3. The molecule has 1 aromatic carbocycles. The first-order valence-corrected chi connectivity index (χ1v) is 5.33. The maximum Gasteiger partial charge on any atom is 0.231 e. The predicted octanol–water partition coefficient (Wildman–Crippen LogP) is 2.91. The molecule has 0 saturated carbocycles. The molecule has 0 unspecified atom stereocenters. The van der Waals surface area contributed by atoms with Crippen molar-refractivity contribution in [3.63, 3.8) is 0 Å². The van der Waals surface area contributed by atoms with E-state index in [2.05, 4.69) is 22.5 Å². The van der Waals surface area contributed by atoms with E-state index in [1.165, 1.54) is 0 Å². The van der Waals surface area contributed by atoms with Gasteiger partial charge in [0, 0.05) is 0 Å². The molecule has 0 aromatic heterocycles. The van der Waals surface area contributed by atoms with Crippen molar-refractivity contribution in [1.29, 1.82) is 0 Å². The SMILES string of the molecule is C=CCc1cc2c(c(OC)c1Br)OCO2. The van der Waals surface area contributed by atoms with Crippen molar-refractivity contribution < 1.29 is 14.2 Å². The molecule has 0 aliphatic carbocycles. The van der Waals surface area contributed by atoms with Crippen molar-refractivity contribution in [2.24, 2.45) is 0 Å². The topological polar surface area (TPSA) is 27.7 Å². The summed E-state index contributed by atoms with van der Waals surface area (Å²) >= 11 is 3.49. The Kier molecular flexibility index (Phi) is 2.86. The summed E-state index contributed by atoms with van der Waals surface area (Å²) in [6.45, 7) is 3.96. The zero-order valence-electron chi connectivity index (χ0n) is 8.38. The van der Waals surface area contributed by atoms with Crippen LogP contribution in [0.1, 0.15) is 5.56 Å². The van der Waals surface area contributed by atoms with Gasteiger partial charge in [-0.25, -0.2) is 0 Å². The molecule has 0 fully saturated rings. The maximum atomic E-state index is 5.33. The summed E-state index contributed by atoms with van der Waals surface area (Å²) in [4.78, 5) is 0. The molecule has 0 saturated heterocycles. The van der Waals surface area contributed by atoms with Crippen LogP contribution < -0.4 is 14.2 Å². The maximum absolute atomic E-state index is 5.33. The van der Waals surface area contributed by atoms with E-state index in [-0.39, 0.29) is 6.79 Å². The van der Waals surface area contributed by atoms with Crippen molar-refractivity contribution in [3.8, 4) is 17.2 Å². The summed E-state index contributed by atoms with van der Waals surface area (Å²) in [6.07, 6.45) is 2.59. The van der Waals surface area contributed by atoms with Crippen molar-refractivity contribution in [2.45, 2.75) is 6.42 Å². The molecule has 0 spiro atoms. The number of rotatable bonds is 3. The Bertz CT molecular complexity index is 401. The molecule has 0 bridgehead atoms. The van der Waals surface area contributed by atoms with Crippen LogP contribution in [-0.2, 0) is 6.42 Å². The van der Waals surface area contributed by atoms with Crippen molar-refractivity contribution >= 4 is 15.9 Å². The Balaban J connectivity index is 2.56. The molecule has 15 heavy (non-hydrogen) atoms. The van der Waals surface area contributed by atoms with Gasteiger partial charge in [0.15, 0.2) is 11.5 Å². The normalized spacial score (nSPS) is 12.7. The van der Waals surface area contributed by atoms with Crippen LogP contribution in [-0.4, -0.2) is 13.9 Å². The minimum absolute atomic E-state index is 0.246. The second-order valence-electron chi connectivity index (χ2n) is 3.11. The van der Waals surface area contributed by atoms with Crippen LogP contribution in [0.4, 0.5) is 0 Å². The van der Waals surface area contributed by atoms with Gasteiger partial charge in [-0.05, 0) is 34.0 Å². The molecule has 3 nitrogen and oxygen atoms in total. The number of hydrogen-bond donors (Lipinski definition) is 0. The van der Waals surface area contributed by atoms with Gasteiger partial charge in [0.2, 0.25) is 12.5 Å². The highest BCUT2D eigenvalue weighted by atomic mass is 79.9. The Morgan fingerprint density at radius 3 is 3.07 bits per heavy atom. The summed E-state index contributed by atoms with van der Waals surface area (Å²) in [5.74, 6) is 2.07. The summed E-state index contributed by atoms with van der Waals surface area (Å²) in [7, 11) is 1.61. The van der Waals surface area contributed by atoms with Crippen LogP contribution in [0.15, 0.2) is 23.2 Å². The number of ether oxygens (including phenoxy) is 3.